The molecular weight excluding hydrogens is 204 g/mol. The van der Waals surface area contributed by atoms with Crippen molar-refractivity contribution in [2.24, 2.45) is 5.92 Å². The fraction of sp³-hybridized carbons (Fsp3) is 0.917. The van der Waals surface area contributed by atoms with E-state index in [1.807, 2.05) is 0 Å². The summed E-state index contributed by atoms with van der Waals surface area (Å²) < 4.78 is 0. The maximum absolute atomic E-state index is 10.8. The van der Waals surface area contributed by atoms with Gasteiger partial charge in [-0.15, -0.1) is 0 Å². The maximum atomic E-state index is 10.8. The van der Waals surface area contributed by atoms with E-state index >= 15 is 0 Å². The van der Waals surface area contributed by atoms with Gasteiger partial charge in [-0.2, -0.15) is 0 Å². The normalized spacial score (nSPS) is 22.0. The lowest BCUT2D eigenvalue weighted by Crippen LogP contribution is -2.37. The lowest BCUT2D eigenvalue weighted by Gasteiger charge is -2.25. The molecule has 0 spiro atoms. The summed E-state index contributed by atoms with van der Waals surface area (Å²) in [5.41, 5.74) is 0. The minimum Gasteiger partial charge on any atom is -0.481 e. The van der Waals surface area contributed by atoms with Crippen LogP contribution in [0.25, 0.3) is 0 Å². The SMILES string of the molecule is CC(CN1CCCN(C(C)C)CC1)C(=O)O. The molecule has 4 heteroatoms. The van der Waals surface area contributed by atoms with Crippen molar-refractivity contribution >= 4 is 5.97 Å². The van der Waals surface area contributed by atoms with Crippen molar-refractivity contribution in [2.75, 3.05) is 32.7 Å². The van der Waals surface area contributed by atoms with E-state index < -0.39 is 5.97 Å². The van der Waals surface area contributed by atoms with Crippen molar-refractivity contribution in [1.82, 2.24) is 9.80 Å². The molecule has 1 aliphatic heterocycles. The molecule has 0 bridgehead atoms. The van der Waals surface area contributed by atoms with Crippen molar-refractivity contribution in [2.45, 2.75) is 33.2 Å². The first-order valence-corrected chi connectivity index (χ1v) is 6.20. The summed E-state index contributed by atoms with van der Waals surface area (Å²) in [6.45, 7) is 11.1. The molecule has 1 unspecified atom stereocenters. The molecule has 1 saturated heterocycles. The molecule has 1 atom stereocenters. The third kappa shape index (κ3) is 4.10. The van der Waals surface area contributed by atoms with Gasteiger partial charge in [-0.1, -0.05) is 6.92 Å². The van der Waals surface area contributed by atoms with Gasteiger partial charge in [-0.25, -0.2) is 0 Å². The van der Waals surface area contributed by atoms with Gasteiger partial charge in [0.2, 0.25) is 0 Å². The molecule has 0 saturated carbocycles. The van der Waals surface area contributed by atoms with Crippen molar-refractivity contribution in [3.8, 4) is 0 Å². The van der Waals surface area contributed by atoms with E-state index in [0.29, 0.717) is 12.6 Å². The Kier molecular flexibility index (Phi) is 5.22. The number of carbonyl (C=O) groups is 1. The fourth-order valence-electron chi connectivity index (χ4n) is 2.16. The lowest BCUT2D eigenvalue weighted by atomic mass is 10.1. The highest BCUT2D eigenvalue weighted by molar-refractivity contribution is 5.69. The summed E-state index contributed by atoms with van der Waals surface area (Å²) in [6.07, 6.45) is 1.14. The van der Waals surface area contributed by atoms with Crippen LogP contribution in [0.15, 0.2) is 0 Å². The van der Waals surface area contributed by atoms with Crippen LogP contribution in [-0.2, 0) is 4.79 Å². The standard InChI is InChI=1S/C12H24N2O2/c1-10(2)14-6-4-5-13(7-8-14)9-11(3)12(15)16/h10-11H,4-9H2,1-3H3,(H,15,16). The van der Waals surface area contributed by atoms with Gasteiger partial charge >= 0.3 is 5.97 Å². The summed E-state index contributed by atoms with van der Waals surface area (Å²) in [5.74, 6) is -0.949. The van der Waals surface area contributed by atoms with Crippen molar-refractivity contribution < 1.29 is 9.90 Å². The second-order valence-corrected chi connectivity index (χ2v) is 5.02. The van der Waals surface area contributed by atoms with Gasteiger partial charge in [-0.05, 0) is 33.4 Å². The largest absolute Gasteiger partial charge is 0.481 e. The molecule has 1 fully saturated rings. The molecule has 4 nitrogen and oxygen atoms in total. The van der Waals surface area contributed by atoms with Gasteiger partial charge in [0.25, 0.3) is 0 Å². The van der Waals surface area contributed by atoms with E-state index in [1.165, 1.54) is 0 Å². The molecule has 1 rings (SSSR count). The van der Waals surface area contributed by atoms with Gasteiger partial charge in [0, 0.05) is 25.7 Å². The third-order valence-corrected chi connectivity index (χ3v) is 3.31. The molecule has 0 radical (unpaired) electrons. The van der Waals surface area contributed by atoms with E-state index in [4.69, 9.17) is 5.11 Å². The summed E-state index contributed by atoms with van der Waals surface area (Å²) >= 11 is 0. The van der Waals surface area contributed by atoms with Crippen molar-refractivity contribution in [3.63, 3.8) is 0 Å². The Bertz CT molecular complexity index is 231. The van der Waals surface area contributed by atoms with Crippen molar-refractivity contribution in [1.29, 1.82) is 0 Å². The first-order valence-electron chi connectivity index (χ1n) is 6.20. The molecule has 94 valence electrons. The van der Waals surface area contributed by atoms with Crippen LogP contribution in [0.1, 0.15) is 27.2 Å². The number of hydrogen-bond acceptors (Lipinski definition) is 3. The van der Waals surface area contributed by atoms with Crippen LogP contribution in [0.2, 0.25) is 0 Å². The Morgan fingerprint density at radius 1 is 1.19 bits per heavy atom. The average Bonchev–Trinajstić information content (AvgIpc) is 2.43. The van der Waals surface area contributed by atoms with Gasteiger partial charge in [0.15, 0.2) is 0 Å². The highest BCUT2D eigenvalue weighted by Crippen LogP contribution is 2.08. The van der Waals surface area contributed by atoms with E-state index in [2.05, 4.69) is 23.6 Å². The fourth-order valence-corrected chi connectivity index (χ4v) is 2.16. The van der Waals surface area contributed by atoms with Crippen LogP contribution in [0.4, 0.5) is 0 Å². The Morgan fingerprint density at radius 3 is 2.44 bits per heavy atom. The van der Waals surface area contributed by atoms with Crippen LogP contribution in [0, 0.1) is 5.92 Å². The van der Waals surface area contributed by atoms with E-state index in [0.717, 1.165) is 32.6 Å². The molecule has 0 amide bonds. The predicted molar refractivity (Wildman–Crippen MR) is 64.6 cm³/mol. The zero-order valence-corrected chi connectivity index (χ0v) is 10.6. The number of carboxylic acids is 1. The average molecular weight is 228 g/mol. The minimum absolute atomic E-state index is 0.259. The van der Waals surface area contributed by atoms with Crippen LogP contribution < -0.4 is 0 Å². The molecule has 0 aliphatic carbocycles. The van der Waals surface area contributed by atoms with Gasteiger partial charge in [-0.3, -0.25) is 9.69 Å². The first-order chi connectivity index (χ1) is 7.50. The number of nitrogens with zero attached hydrogens (tertiary/aromatic N) is 2. The summed E-state index contributed by atoms with van der Waals surface area (Å²) in [6, 6.07) is 0.594. The lowest BCUT2D eigenvalue weighted by molar-refractivity contribution is -0.141. The summed E-state index contributed by atoms with van der Waals surface area (Å²) in [4.78, 5) is 15.5. The number of rotatable bonds is 4. The van der Waals surface area contributed by atoms with Crippen LogP contribution in [0.3, 0.4) is 0 Å². The van der Waals surface area contributed by atoms with Crippen LogP contribution in [-0.4, -0.2) is 59.6 Å². The zero-order valence-electron chi connectivity index (χ0n) is 10.6. The minimum atomic E-state index is -0.690. The molecule has 1 heterocycles. The topological polar surface area (TPSA) is 43.8 Å². The summed E-state index contributed by atoms with van der Waals surface area (Å²) in [5, 5.41) is 8.89. The van der Waals surface area contributed by atoms with E-state index in [1.54, 1.807) is 6.92 Å². The highest BCUT2D eigenvalue weighted by Gasteiger charge is 2.20. The Labute approximate surface area is 98.2 Å². The highest BCUT2D eigenvalue weighted by atomic mass is 16.4. The van der Waals surface area contributed by atoms with E-state index in [-0.39, 0.29) is 5.92 Å². The molecular formula is C12H24N2O2. The predicted octanol–water partition coefficient (Wildman–Crippen LogP) is 1.12. The number of carboxylic acid groups (broad SMARTS) is 1. The van der Waals surface area contributed by atoms with Gasteiger partial charge < -0.3 is 10.0 Å². The van der Waals surface area contributed by atoms with Gasteiger partial charge in [0.1, 0.15) is 0 Å². The molecule has 1 aliphatic rings. The van der Waals surface area contributed by atoms with E-state index in [9.17, 15) is 4.79 Å². The third-order valence-electron chi connectivity index (χ3n) is 3.31. The van der Waals surface area contributed by atoms with Crippen LogP contribution >= 0.6 is 0 Å². The Hall–Kier alpha value is -0.610. The second kappa shape index (κ2) is 6.21. The maximum Gasteiger partial charge on any atom is 0.307 e. The second-order valence-electron chi connectivity index (χ2n) is 5.02. The molecule has 1 N–H and O–H groups in total. The smallest absolute Gasteiger partial charge is 0.307 e. The van der Waals surface area contributed by atoms with Gasteiger partial charge in [0.05, 0.1) is 5.92 Å². The monoisotopic (exact) mass is 228 g/mol. The molecule has 0 aromatic heterocycles. The molecule has 0 aromatic carbocycles. The molecule has 16 heavy (non-hydrogen) atoms. The molecule has 0 aromatic rings. The number of aliphatic carboxylic acids is 1. The quantitative estimate of drug-likeness (QED) is 0.783. The number of hydrogen-bond donors (Lipinski definition) is 1. The summed E-state index contributed by atoms with van der Waals surface area (Å²) in [7, 11) is 0. The van der Waals surface area contributed by atoms with Crippen molar-refractivity contribution in [3.05, 3.63) is 0 Å². The Morgan fingerprint density at radius 2 is 1.88 bits per heavy atom. The zero-order chi connectivity index (χ0) is 12.1. The Balaban J connectivity index is 2.38. The van der Waals surface area contributed by atoms with Crippen LogP contribution in [0.5, 0.6) is 0 Å². The first kappa shape index (κ1) is 13.5.